The van der Waals surface area contributed by atoms with E-state index >= 15 is 0 Å². The monoisotopic (exact) mass is 388 g/mol. The third-order valence-corrected chi connectivity index (χ3v) is 5.86. The Morgan fingerprint density at radius 3 is 2.17 bits per heavy atom. The molecule has 2 aromatic carbocycles. The van der Waals surface area contributed by atoms with Crippen LogP contribution in [0.15, 0.2) is 59.7 Å². The maximum atomic E-state index is 12.9. The van der Waals surface area contributed by atoms with Crippen molar-refractivity contribution in [3.63, 3.8) is 0 Å². The van der Waals surface area contributed by atoms with Gasteiger partial charge < -0.3 is 0 Å². The fourth-order valence-electron chi connectivity index (χ4n) is 2.53. The molecule has 0 spiro atoms. The third kappa shape index (κ3) is 3.01. The van der Waals surface area contributed by atoms with Crippen molar-refractivity contribution >= 4 is 31.2 Å². The summed E-state index contributed by atoms with van der Waals surface area (Å²) in [4.78, 5) is 37.2. The average Bonchev–Trinajstić information content (AvgIpc) is 2.60. The Balaban J connectivity index is 1.81. The quantitative estimate of drug-likeness (QED) is 0.755. The summed E-state index contributed by atoms with van der Waals surface area (Å²) in [5, 5.41) is 0.258. The van der Waals surface area contributed by atoms with Crippen molar-refractivity contribution in [1.29, 1.82) is 0 Å². The van der Waals surface area contributed by atoms with Crippen LogP contribution in [0.3, 0.4) is 0 Å². The second-order valence-corrected chi connectivity index (χ2v) is 7.38. The zero-order valence-corrected chi connectivity index (χ0v) is 14.5. The molecule has 0 saturated heterocycles. The second kappa shape index (κ2) is 6.63. The normalized spacial score (nSPS) is 13.9. The van der Waals surface area contributed by atoms with Gasteiger partial charge in [-0.05, 0) is 0 Å². The number of carbonyl (C=O) groups excluding carboxylic acids is 3. The molecule has 0 heterocycles. The van der Waals surface area contributed by atoms with Crippen LogP contribution in [0.5, 0.6) is 0 Å². The number of carbonyl (C=O) groups is 3. The molecule has 0 saturated carbocycles. The minimum atomic E-state index is -0.531. The van der Waals surface area contributed by atoms with Crippen molar-refractivity contribution in [3.05, 3.63) is 82.2 Å². The Labute approximate surface area is 144 Å². The van der Waals surface area contributed by atoms with Crippen LogP contribution >= 0.6 is 0 Å². The number of allylic oxidation sites excluding steroid dienone is 2. The van der Waals surface area contributed by atoms with E-state index in [1.807, 2.05) is 0 Å². The first-order valence-electron chi connectivity index (χ1n) is 7.30. The third-order valence-electron chi connectivity index (χ3n) is 3.91. The number of halogens is 1. The summed E-state index contributed by atoms with van der Waals surface area (Å²) in [7, 11) is 0. The first kappa shape index (κ1) is 16.5. The topological polar surface area (TPSA) is 51.2 Å². The Hall–Kier alpha value is -2.36. The minimum absolute atomic E-state index is 0.123. The van der Waals surface area contributed by atoms with Crippen molar-refractivity contribution in [3.8, 4) is 0 Å². The van der Waals surface area contributed by atoms with Gasteiger partial charge >= 0.3 is 144 Å². The first-order chi connectivity index (χ1) is 11.5. The van der Waals surface area contributed by atoms with E-state index in [1.54, 1.807) is 31.2 Å². The Bertz CT molecular complexity index is 882. The summed E-state index contributed by atoms with van der Waals surface area (Å²) in [6.45, 7) is 1.63. The van der Waals surface area contributed by atoms with E-state index in [0.717, 1.165) is 0 Å². The van der Waals surface area contributed by atoms with Gasteiger partial charge in [-0.3, -0.25) is 0 Å². The molecule has 120 valence electrons. The van der Waals surface area contributed by atoms with Crippen LogP contribution in [-0.4, -0.2) is 31.2 Å². The number of rotatable bonds is 4. The number of benzene rings is 2. The fourth-order valence-corrected chi connectivity index (χ4v) is 4.47. The van der Waals surface area contributed by atoms with Gasteiger partial charge in [0.1, 0.15) is 0 Å². The van der Waals surface area contributed by atoms with Gasteiger partial charge in [0.15, 0.2) is 0 Å². The summed E-state index contributed by atoms with van der Waals surface area (Å²) >= 11 is -0.531. The molecule has 0 atom stereocenters. The number of fused-ring (bicyclic) bond motifs is 1. The van der Waals surface area contributed by atoms with Gasteiger partial charge in [0.05, 0.1) is 0 Å². The Morgan fingerprint density at radius 2 is 1.54 bits per heavy atom. The molecule has 3 nitrogen and oxygen atoms in total. The van der Waals surface area contributed by atoms with Gasteiger partial charge in [0.25, 0.3) is 0 Å². The Morgan fingerprint density at radius 1 is 0.958 bits per heavy atom. The van der Waals surface area contributed by atoms with Gasteiger partial charge in [-0.25, -0.2) is 0 Å². The van der Waals surface area contributed by atoms with E-state index in [0.29, 0.717) is 27.8 Å². The van der Waals surface area contributed by atoms with Crippen LogP contribution in [0.4, 0.5) is 4.39 Å². The molecule has 0 aliphatic heterocycles. The number of hydrogen-bond acceptors (Lipinski definition) is 3. The van der Waals surface area contributed by atoms with Crippen molar-refractivity contribution in [2.45, 2.75) is 12.2 Å². The summed E-state index contributed by atoms with van der Waals surface area (Å²) in [5.74, 6) is -0.746. The van der Waals surface area contributed by atoms with Crippen molar-refractivity contribution in [2.75, 3.05) is 0 Å². The predicted octanol–water partition coefficient (Wildman–Crippen LogP) is 3.48. The molecule has 1 aliphatic rings. The molecule has 0 radical (unpaired) electrons. The molecule has 1 aliphatic carbocycles. The standard InChI is InChI=1S/C19H13FO3Se/c1-11-16(10-24-19(23)12-6-8-13(20)9-7-12)18(22)15-5-3-2-4-14(15)17(11)21/h2-9H,10H2,1H3. The van der Waals surface area contributed by atoms with Crippen molar-refractivity contribution in [2.24, 2.45) is 0 Å². The van der Waals surface area contributed by atoms with Crippen LogP contribution in [0.25, 0.3) is 0 Å². The van der Waals surface area contributed by atoms with Gasteiger partial charge in [0, 0.05) is 0 Å². The first-order valence-corrected chi connectivity index (χ1v) is 9.36. The van der Waals surface area contributed by atoms with Gasteiger partial charge in [-0.15, -0.1) is 0 Å². The molecule has 0 bridgehead atoms. The number of hydrogen-bond donors (Lipinski definition) is 0. The van der Waals surface area contributed by atoms with E-state index < -0.39 is 20.8 Å². The summed E-state index contributed by atoms with van der Waals surface area (Å²) < 4.78 is 12.8. The van der Waals surface area contributed by atoms with E-state index in [2.05, 4.69) is 0 Å². The van der Waals surface area contributed by atoms with Crippen LogP contribution in [0, 0.1) is 5.82 Å². The molecule has 5 heteroatoms. The molecule has 0 unspecified atom stereocenters. The van der Waals surface area contributed by atoms with Crippen LogP contribution in [0.1, 0.15) is 38.0 Å². The molecule has 0 amide bonds. The molecular weight excluding hydrogens is 374 g/mol. The number of ketones is 2. The molecular formula is C19H13FO3Se. The maximum absolute atomic E-state index is 12.9. The molecule has 0 fully saturated rings. The van der Waals surface area contributed by atoms with Crippen LogP contribution in [0.2, 0.25) is 5.32 Å². The van der Waals surface area contributed by atoms with Gasteiger partial charge in [0.2, 0.25) is 0 Å². The molecule has 0 N–H and O–H groups in total. The number of Topliss-reactive ketones (excluding diaryl/α,β-unsaturated/α-hetero) is 2. The SMILES string of the molecule is CC1=C(C[Se]C(=O)c2ccc(F)cc2)C(=O)c2ccccc2C1=O. The van der Waals surface area contributed by atoms with Crippen molar-refractivity contribution in [1.82, 2.24) is 0 Å². The predicted molar refractivity (Wildman–Crippen MR) is 89.1 cm³/mol. The summed E-state index contributed by atoms with van der Waals surface area (Å²) in [6, 6.07) is 12.1. The van der Waals surface area contributed by atoms with Crippen molar-refractivity contribution < 1.29 is 18.8 Å². The van der Waals surface area contributed by atoms with Gasteiger partial charge in [-0.1, -0.05) is 0 Å². The van der Waals surface area contributed by atoms with E-state index in [9.17, 15) is 18.8 Å². The van der Waals surface area contributed by atoms with E-state index in [1.165, 1.54) is 24.3 Å². The van der Waals surface area contributed by atoms with E-state index in [-0.39, 0.29) is 21.6 Å². The van der Waals surface area contributed by atoms with Crippen LogP contribution in [-0.2, 0) is 0 Å². The Kier molecular flexibility index (Phi) is 4.56. The molecule has 24 heavy (non-hydrogen) atoms. The fraction of sp³-hybridized carbons (Fsp3) is 0.105. The van der Waals surface area contributed by atoms with Gasteiger partial charge in [-0.2, -0.15) is 0 Å². The average molecular weight is 387 g/mol. The summed E-state index contributed by atoms with van der Waals surface area (Å²) in [6.07, 6.45) is 0. The molecule has 0 aromatic heterocycles. The molecule has 3 rings (SSSR count). The second-order valence-electron chi connectivity index (χ2n) is 5.39. The summed E-state index contributed by atoms with van der Waals surface area (Å²) in [5.41, 5.74) is 2.06. The zero-order chi connectivity index (χ0) is 17.3. The molecule has 2 aromatic rings. The van der Waals surface area contributed by atoms with E-state index in [4.69, 9.17) is 0 Å². The zero-order valence-electron chi connectivity index (χ0n) is 12.8. The van der Waals surface area contributed by atoms with Crippen LogP contribution < -0.4 is 0 Å².